The molecule has 0 amide bonds. The third-order valence-corrected chi connectivity index (χ3v) is 6.83. The first-order chi connectivity index (χ1) is 18.5. The lowest BCUT2D eigenvalue weighted by Gasteiger charge is -2.16. The number of nitrogens with two attached hydrogens (primary N) is 1. The van der Waals surface area contributed by atoms with Gasteiger partial charge in [-0.2, -0.15) is 24.5 Å². The average Bonchev–Trinajstić information content (AvgIpc) is 3.69. The number of fused-ring (bicyclic) bond motifs is 2. The van der Waals surface area contributed by atoms with Crippen molar-refractivity contribution in [3.63, 3.8) is 0 Å². The smallest absolute Gasteiger partial charge is 0.291 e. The number of Topliss-reactive ketones (excluding diaryl/α,β-unsaturated/α-hetero) is 1. The van der Waals surface area contributed by atoms with Crippen molar-refractivity contribution in [2.75, 3.05) is 0 Å². The lowest BCUT2D eigenvalue weighted by molar-refractivity contribution is -0.120. The maximum Gasteiger partial charge on any atom is 0.291 e. The highest BCUT2D eigenvalue weighted by Crippen LogP contribution is 2.31. The van der Waals surface area contributed by atoms with Crippen molar-refractivity contribution in [2.45, 2.75) is 58.3 Å². The summed E-state index contributed by atoms with van der Waals surface area (Å²) in [7, 11) is 0. The Kier molecular flexibility index (Phi) is 7.16. The molecule has 3 heterocycles. The fourth-order valence-electron chi connectivity index (χ4n) is 4.82. The standard InChI is InChI=1S/C17H18N4O2.C10H12N4O/c1-2-14-13-5-3-4-6-15(13)21(19-14)17-18-16(23-20-17)11-7-9-12(22)10-8-11;1-2-8-7-5-3-4-6-9(7)14(12-8)10(11)13-15/h3-6,11H,2,7-10H2,1H3;3-6,15H,2H2,1H3,(H2,11,13). The first-order valence-corrected chi connectivity index (χ1v) is 12.8. The molecule has 0 aliphatic heterocycles. The lowest BCUT2D eigenvalue weighted by Crippen LogP contribution is -2.23. The zero-order valence-corrected chi connectivity index (χ0v) is 21.4. The summed E-state index contributed by atoms with van der Waals surface area (Å²) in [5, 5.41) is 26.7. The van der Waals surface area contributed by atoms with Crippen LogP contribution in [0.2, 0.25) is 0 Å². The Balaban J connectivity index is 0.000000170. The Morgan fingerprint density at radius 3 is 2.26 bits per heavy atom. The van der Waals surface area contributed by atoms with Gasteiger partial charge in [0.2, 0.25) is 5.89 Å². The van der Waals surface area contributed by atoms with E-state index < -0.39 is 0 Å². The average molecular weight is 515 g/mol. The molecule has 5 aromatic rings. The highest BCUT2D eigenvalue weighted by Gasteiger charge is 2.26. The summed E-state index contributed by atoms with van der Waals surface area (Å²) in [4.78, 5) is 15.9. The maximum atomic E-state index is 11.4. The largest absolute Gasteiger partial charge is 0.408 e. The number of carbonyl (C=O) groups excluding carboxylic acids is 1. The van der Waals surface area contributed by atoms with E-state index in [0.717, 1.165) is 58.9 Å². The predicted octanol–water partition coefficient (Wildman–Crippen LogP) is 4.35. The van der Waals surface area contributed by atoms with Crippen LogP contribution in [0.15, 0.2) is 58.2 Å². The van der Waals surface area contributed by atoms with E-state index in [1.165, 1.54) is 4.68 Å². The summed E-state index contributed by atoms with van der Waals surface area (Å²) in [5.41, 5.74) is 9.33. The number of aryl methyl sites for hydroxylation is 2. The van der Waals surface area contributed by atoms with Crippen molar-refractivity contribution in [3.05, 3.63) is 65.8 Å². The summed E-state index contributed by atoms with van der Waals surface area (Å²) in [6, 6.07) is 15.8. The molecule has 6 rings (SSSR count). The number of rotatable bonds is 4. The lowest BCUT2D eigenvalue weighted by atomic mass is 9.88. The number of oxime groups is 1. The Morgan fingerprint density at radius 1 is 1.00 bits per heavy atom. The molecule has 0 spiro atoms. The van der Waals surface area contributed by atoms with Crippen molar-refractivity contribution in [3.8, 4) is 5.95 Å². The van der Waals surface area contributed by atoms with E-state index in [-0.39, 0.29) is 11.9 Å². The molecule has 1 saturated carbocycles. The van der Waals surface area contributed by atoms with Crippen molar-refractivity contribution in [1.29, 1.82) is 0 Å². The van der Waals surface area contributed by atoms with Gasteiger partial charge in [0.25, 0.3) is 11.9 Å². The minimum Gasteiger partial charge on any atom is -0.408 e. The molecule has 3 aromatic heterocycles. The molecule has 11 nitrogen and oxygen atoms in total. The topological polar surface area (TPSA) is 150 Å². The van der Waals surface area contributed by atoms with Gasteiger partial charge in [-0.15, -0.1) is 0 Å². The molecule has 0 atom stereocenters. The Bertz CT molecular complexity index is 1600. The van der Waals surface area contributed by atoms with Crippen LogP contribution in [0.5, 0.6) is 0 Å². The van der Waals surface area contributed by atoms with Gasteiger partial charge < -0.3 is 15.5 Å². The van der Waals surface area contributed by atoms with Crippen molar-refractivity contribution < 1.29 is 14.5 Å². The van der Waals surface area contributed by atoms with Crippen LogP contribution >= 0.6 is 0 Å². The first kappa shape index (κ1) is 25.1. The van der Waals surface area contributed by atoms with Crippen LogP contribution < -0.4 is 5.73 Å². The van der Waals surface area contributed by atoms with Gasteiger partial charge >= 0.3 is 0 Å². The highest BCUT2D eigenvalue weighted by atomic mass is 16.5. The van der Waals surface area contributed by atoms with Gasteiger partial charge in [0.1, 0.15) is 5.78 Å². The van der Waals surface area contributed by atoms with E-state index in [9.17, 15) is 4.79 Å². The minimum atomic E-state index is -0.0223. The van der Waals surface area contributed by atoms with Crippen molar-refractivity contribution >= 4 is 33.5 Å². The van der Waals surface area contributed by atoms with E-state index in [1.54, 1.807) is 4.68 Å². The van der Waals surface area contributed by atoms with Gasteiger partial charge in [-0.1, -0.05) is 50.2 Å². The fourth-order valence-corrected chi connectivity index (χ4v) is 4.82. The second kappa shape index (κ2) is 10.8. The van der Waals surface area contributed by atoms with E-state index in [4.69, 9.17) is 15.5 Å². The van der Waals surface area contributed by atoms with Crippen LogP contribution in [-0.4, -0.2) is 46.7 Å². The Labute approximate surface area is 218 Å². The van der Waals surface area contributed by atoms with E-state index in [2.05, 4.69) is 38.5 Å². The molecule has 1 aliphatic carbocycles. The van der Waals surface area contributed by atoms with Crippen LogP contribution in [0.25, 0.3) is 27.8 Å². The van der Waals surface area contributed by atoms with E-state index in [1.807, 2.05) is 49.4 Å². The van der Waals surface area contributed by atoms with Crippen molar-refractivity contribution in [1.82, 2.24) is 29.7 Å². The summed E-state index contributed by atoms with van der Waals surface area (Å²) >= 11 is 0. The minimum absolute atomic E-state index is 0.0223. The number of benzene rings is 2. The van der Waals surface area contributed by atoms with E-state index in [0.29, 0.717) is 30.5 Å². The second-order valence-electron chi connectivity index (χ2n) is 9.16. The van der Waals surface area contributed by atoms with Gasteiger partial charge in [-0.25, -0.2) is 0 Å². The zero-order valence-electron chi connectivity index (χ0n) is 21.4. The molecule has 38 heavy (non-hydrogen) atoms. The van der Waals surface area contributed by atoms with Gasteiger partial charge in [0.15, 0.2) is 0 Å². The zero-order chi connectivity index (χ0) is 26.6. The third kappa shape index (κ3) is 4.74. The molecule has 0 bridgehead atoms. The fraction of sp³-hybridized carbons (Fsp3) is 0.333. The molecule has 0 radical (unpaired) electrons. The van der Waals surface area contributed by atoms with Crippen LogP contribution in [0.3, 0.4) is 0 Å². The third-order valence-electron chi connectivity index (χ3n) is 6.83. The first-order valence-electron chi connectivity index (χ1n) is 12.8. The predicted molar refractivity (Wildman–Crippen MR) is 142 cm³/mol. The quantitative estimate of drug-likeness (QED) is 0.155. The maximum absolute atomic E-state index is 11.4. The van der Waals surface area contributed by atoms with Gasteiger partial charge in [-0.3, -0.25) is 4.79 Å². The molecule has 3 N–H and O–H groups in total. The van der Waals surface area contributed by atoms with E-state index >= 15 is 0 Å². The van der Waals surface area contributed by atoms with Gasteiger partial charge in [0.05, 0.1) is 22.4 Å². The molecule has 2 aromatic carbocycles. The summed E-state index contributed by atoms with van der Waals surface area (Å²) < 4.78 is 8.64. The molecule has 11 heteroatoms. The summed E-state index contributed by atoms with van der Waals surface area (Å²) in [6.45, 7) is 4.10. The monoisotopic (exact) mass is 514 g/mol. The number of para-hydroxylation sites is 2. The highest BCUT2D eigenvalue weighted by molar-refractivity contribution is 5.92. The van der Waals surface area contributed by atoms with Crippen LogP contribution in [0.4, 0.5) is 0 Å². The molecular formula is C27H30N8O3. The number of hydrogen-bond acceptors (Lipinski definition) is 8. The number of hydrogen-bond donors (Lipinski definition) is 2. The molecular weight excluding hydrogens is 484 g/mol. The molecule has 1 fully saturated rings. The van der Waals surface area contributed by atoms with Crippen LogP contribution in [0.1, 0.15) is 62.7 Å². The van der Waals surface area contributed by atoms with Gasteiger partial charge in [0, 0.05) is 29.5 Å². The summed E-state index contributed by atoms with van der Waals surface area (Å²) in [6.07, 6.45) is 4.45. The van der Waals surface area contributed by atoms with Crippen LogP contribution in [-0.2, 0) is 17.6 Å². The Morgan fingerprint density at radius 2 is 1.61 bits per heavy atom. The van der Waals surface area contributed by atoms with Crippen LogP contribution in [0, 0.1) is 0 Å². The number of carbonyl (C=O) groups is 1. The normalized spacial score (nSPS) is 14.7. The SMILES string of the molecule is CCc1nn(-c2noc(C3CCC(=O)CC3)n2)c2ccccc12.CCc1nn(/C(N)=N/O)c2ccccc12. The van der Waals surface area contributed by atoms with Crippen molar-refractivity contribution in [2.24, 2.45) is 10.9 Å². The Hall–Kier alpha value is -4.54. The number of aromatic nitrogens is 6. The molecule has 1 aliphatic rings. The number of ketones is 1. The molecule has 196 valence electrons. The molecule has 0 saturated heterocycles. The van der Waals surface area contributed by atoms with Gasteiger partial charge in [-0.05, 0) is 48.1 Å². The molecule has 0 unspecified atom stereocenters. The summed E-state index contributed by atoms with van der Waals surface area (Å²) in [5.74, 6) is 1.57. The second-order valence-corrected chi connectivity index (χ2v) is 9.16. The number of nitrogens with zero attached hydrogens (tertiary/aromatic N) is 7.